The van der Waals surface area contributed by atoms with Crippen LogP contribution in [0.5, 0.6) is 0 Å². The maximum atomic E-state index is 12.0. The third-order valence-electron chi connectivity index (χ3n) is 2.51. The molecule has 1 aromatic carbocycles. The SMILES string of the molecule is CC(=O)Nc1cccc(NC(=O)c2nc[nH]c2C(=O)O)c1. The zero-order chi connectivity index (χ0) is 15.4. The number of anilines is 2. The number of carbonyl (C=O) groups excluding carboxylic acids is 2. The standard InChI is InChI=1S/C13H12N4O4/c1-7(18)16-8-3-2-4-9(5-8)17-12(19)10-11(13(20)21)15-6-14-10/h2-6H,1H3,(H,14,15)(H,16,18)(H,17,19)(H,20,21). The number of rotatable bonds is 4. The van der Waals surface area contributed by atoms with Crippen molar-refractivity contribution in [1.82, 2.24) is 9.97 Å². The fourth-order valence-electron chi connectivity index (χ4n) is 1.70. The molecule has 0 saturated carbocycles. The van der Waals surface area contributed by atoms with E-state index < -0.39 is 11.9 Å². The summed E-state index contributed by atoms with van der Waals surface area (Å²) in [5.74, 6) is -2.17. The topological polar surface area (TPSA) is 124 Å². The van der Waals surface area contributed by atoms with Crippen LogP contribution in [0, 0.1) is 0 Å². The van der Waals surface area contributed by atoms with Gasteiger partial charge in [0.15, 0.2) is 11.4 Å². The van der Waals surface area contributed by atoms with Crippen molar-refractivity contribution in [2.45, 2.75) is 6.92 Å². The van der Waals surface area contributed by atoms with E-state index in [9.17, 15) is 14.4 Å². The number of carbonyl (C=O) groups is 3. The molecule has 108 valence electrons. The highest BCUT2D eigenvalue weighted by atomic mass is 16.4. The van der Waals surface area contributed by atoms with Gasteiger partial charge in [-0.25, -0.2) is 9.78 Å². The number of imidazole rings is 1. The van der Waals surface area contributed by atoms with Crippen LogP contribution in [0.4, 0.5) is 11.4 Å². The number of aromatic nitrogens is 2. The van der Waals surface area contributed by atoms with Crippen LogP contribution in [0.3, 0.4) is 0 Å². The molecule has 2 aromatic rings. The lowest BCUT2D eigenvalue weighted by atomic mass is 10.2. The summed E-state index contributed by atoms with van der Waals surface area (Å²) >= 11 is 0. The van der Waals surface area contributed by atoms with Gasteiger partial charge in [-0.1, -0.05) is 6.07 Å². The van der Waals surface area contributed by atoms with Gasteiger partial charge in [0, 0.05) is 18.3 Å². The summed E-state index contributed by atoms with van der Waals surface area (Å²) < 4.78 is 0. The molecule has 2 amide bonds. The maximum absolute atomic E-state index is 12.0. The summed E-state index contributed by atoms with van der Waals surface area (Å²) in [5, 5.41) is 14.0. The molecule has 0 saturated heterocycles. The molecule has 1 aromatic heterocycles. The zero-order valence-electron chi connectivity index (χ0n) is 11.0. The van der Waals surface area contributed by atoms with Crippen LogP contribution in [-0.2, 0) is 4.79 Å². The van der Waals surface area contributed by atoms with Crippen molar-refractivity contribution in [2.24, 2.45) is 0 Å². The Morgan fingerprint density at radius 2 is 1.86 bits per heavy atom. The van der Waals surface area contributed by atoms with E-state index in [1.54, 1.807) is 24.3 Å². The summed E-state index contributed by atoms with van der Waals surface area (Å²) in [6, 6.07) is 6.46. The third kappa shape index (κ3) is 3.44. The summed E-state index contributed by atoms with van der Waals surface area (Å²) in [5.41, 5.74) is 0.421. The summed E-state index contributed by atoms with van der Waals surface area (Å²) in [4.78, 5) is 39.9. The molecule has 21 heavy (non-hydrogen) atoms. The molecule has 0 aliphatic heterocycles. The Labute approximate surface area is 119 Å². The number of nitrogens with zero attached hydrogens (tertiary/aromatic N) is 1. The largest absolute Gasteiger partial charge is 0.477 e. The molecule has 0 aliphatic rings. The summed E-state index contributed by atoms with van der Waals surface area (Å²) in [7, 11) is 0. The van der Waals surface area contributed by atoms with Gasteiger partial charge in [-0.3, -0.25) is 9.59 Å². The minimum Gasteiger partial charge on any atom is -0.477 e. The Balaban J connectivity index is 2.18. The van der Waals surface area contributed by atoms with Gasteiger partial charge in [0.1, 0.15) is 0 Å². The summed E-state index contributed by atoms with van der Waals surface area (Å²) in [6.45, 7) is 1.37. The van der Waals surface area contributed by atoms with E-state index in [0.717, 1.165) is 6.33 Å². The Hall–Kier alpha value is -3.16. The normalized spacial score (nSPS) is 9.95. The van der Waals surface area contributed by atoms with Gasteiger partial charge in [0.05, 0.1) is 6.33 Å². The van der Waals surface area contributed by atoms with E-state index in [2.05, 4.69) is 20.6 Å². The number of amides is 2. The van der Waals surface area contributed by atoms with E-state index in [0.29, 0.717) is 11.4 Å². The lowest BCUT2D eigenvalue weighted by Crippen LogP contribution is -2.16. The number of H-pyrrole nitrogens is 1. The lowest BCUT2D eigenvalue weighted by molar-refractivity contribution is -0.114. The molecule has 8 heteroatoms. The highest BCUT2D eigenvalue weighted by Crippen LogP contribution is 2.16. The predicted octanol–water partition coefficient (Wildman–Crippen LogP) is 1.32. The van der Waals surface area contributed by atoms with Crippen LogP contribution < -0.4 is 10.6 Å². The average Bonchev–Trinajstić information content (AvgIpc) is 2.87. The molecule has 0 atom stereocenters. The van der Waals surface area contributed by atoms with Crippen LogP contribution in [0.2, 0.25) is 0 Å². The second kappa shape index (κ2) is 5.87. The lowest BCUT2D eigenvalue weighted by Gasteiger charge is -2.07. The zero-order valence-corrected chi connectivity index (χ0v) is 11.0. The molecule has 0 radical (unpaired) electrons. The molecule has 0 spiro atoms. The smallest absolute Gasteiger partial charge is 0.354 e. The van der Waals surface area contributed by atoms with Gasteiger partial charge in [-0.2, -0.15) is 0 Å². The van der Waals surface area contributed by atoms with Crippen LogP contribution in [0.15, 0.2) is 30.6 Å². The number of carboxylic acids is 1. The van der Waals surface area contributed by atoms with Gasteiger partial charge >= 0.3 is 5.97 Å². The Bertz CT molecular complexity index is 708. The molecular formula is C13H12N4O4. The number of hydrogen-bond acceptors (Lipinski definition) is 4. The first-order chi connectivity index (χ1) is 9.97. The Kier molecular flexibility index (Phi) is 3.98. The molecule has 0 fully saturated rings. The van der Waals surface area contributed by atoms with Gasteiger partial charge < -0.3 is 20.7 Å². The van der Waals surface area contributed by atoms with Crippen molar-refractivity contribution in [3.05, 3.63) is 42.0 Å². The molecule has 0 unspecified atom stereocenters. The first-order valence-electron chi connectivity index (χ1n) is 5.93. The fraction of sp³-hybridized carbons (Fsp3) is 0.0769. The van der Waals surface area contributed by atoms with Crippen molar-refractivity contribution in [1.29, 1.82) is 0 Å². The van der Waals surface area contributed by atoms with Crippen molar-refractivity contribution in [3.8, 4) is 0 Å². The van der Waals surface area contributed by atoms with Crippen molar-refractivity contribution < 1.29 is 19.5 Å². The van der Waals surface area contributed by atoms with Crippen molar-refractivity contribution in [3.63, 3.8) is 0 Å². The first-order valence-corrected chi connectivity index (χ1v) is 5.93. The second-order valence-corrected chi connectivity index (χ2v) is 4.15. The number of aromatic carboxylic acids is 1. The minimum atomic E-state index is -1.27. The van der Waals surface area contributed by atoms with Crippen LogP contribution >= 0.6 is 0 Å². The minimum absolute atomic E-state index is 0.215. The van der Waals surface area contributed by atoms with Crippen LogP contribution in [-0.4, -0.2) is 32.9 Å². The fourth-order valence-corrected chi connectivity index (χ4v) is 1.70. The predicted molar refractivity (Wildman–Crippen MR) is 74.2 cm³/mol. The first kappa shape index (κ1) is 14.3. The summed E-state index contributed by atoms with van der Waals surface area (Å²) in [6.07, 6.45) is 1.13. The van der Waals surface area contributed by atoms with Gasteiger partial charge in [0.25, 0.3) is 5.91 Å². The van der Waals surface area contributed by atoms with E-state index in [-0.39, 0.29) is 17.3 Å². The Morgan fingerprint density at radius 1 is 1.19 bits per heavy atom. The monoisotopic (exact) mass is 288 g/mol. The average molecular weight is 288 g/mol. The van der Waals surface area contributed by atoms with E-state index in [1.807, 2.05) is 0 Å². The highest BCUT2D eigenvalue weighted by Gasteiger charge is 2.19. The van der Waals surface area contributed by atoms with E-state index in [4.69, 9.17) is 5.11 Å². The number of nitrogens with one attached hydrogen (secondary N) is 3. The highest BCUT2D eigenvalue weighted by molar-refractivity contribution is 6.08. The second-order valence-electron chi connectivity index (χ2n) is 4.15. The number of carboxylic acid groups (broad SMARTS) is 1. The number of benzene rings is 1. The van der Waals surface area contributed by atoms with E-state index >= 15 is 0 Å². The molecular weight excluding hydrogens is 276 g/mol. The van der Waals surface area contributed by atoms with E-state index in [1.165, 1.54) is 6.92 Å². The van der Waals surface area contributed by atoms with Gasteiger partial charge in [0.2, 0.25) is 5.91 Å². The maximum Gasteiger partial charge on any atom is 0.354 e. The van der Waals surface area contributed by atoms with Crippen molar-refractivity contribution in [2.75, 3.05) is 10.6 Å². The number of hydrogen-bond donors (Lipinski definition) is 4. The molecule has 4 N–H and O–H groups in total. The molecule has 0 bridgehead atoms. The molecule has 8 nitrogen and oxygen atoms in total. The third-order valence-corrected chi connectivity index (χ3v) is 2.51. The molecule has 1 heterocycles. The van der Waals surface area contributed by atoms with Crippen molar-refractivity contribution >= 4 is 29.2 Å². The Morgan fingerprint density at radius 3 is 2.48 bits per heavy atom. The van der Waals surface area contributed by atoms with Crippen LogP contribution in [0.1, 0.15) is 27.9 Å². The number of aromatic amines is 1. The molecule has 2 rings (SSSR count). The molecule has 0 aliphatic carbocycles. The quantitative estimate of drug-likeness (QED) is 0.675. The van der Waals surface area contributed by atoms with Gasteiger partial charge in [-0.05, 0) is 18.2 Å². The van der Waals surface area contributed by atoms with Crippen LogP contribution in [0.25, 0.3) is 0 Å². The van der Waals surface area contributed by atoms with Gasteiger partial charge in [-0.15, -0.1) is 0 Å².